The van der Waals surface area contributed by atoms with Crippen molar-refractivity contribution >= 4 is 11.9 Å². The van der Waals surface area contributed by atoms with Crippen molar-refractivity contribution < 1.29 is 19.1 Å². The third kappa shape index (κ3) is 4.00. The van der Waals surface area contributed by atoms with Crippen LogP contribution in [0.3, 0.4) is 0 Å². The molecule has 0 aromatic heterocycles. The van der Waals surface area contributed by atoms with Gasteiger partial charge in [0.1, 0.15) is 0 Å². The van der Waals surface area contributed by atoms with E-state index in [-0.39, 0.29) is 23.7 Å². The zero-order valence-corrected chi connectivity index (χ0v) is 10.8. The van der Waals surface area contributed by atoms with Gasteiger partial charge in [0.05, 0.1) is 13.0 Å². The van der Waals surface area contributed by atoms with E-state index in [4.69, 9.17) is 4.74 Å². The summed E-state index contributed by atoms with van der Waals surface area (Å²) in [6, 6.07) is 0. The Morgan fingerprint density at radius 1 is 1.41 bits per heavy atom. The Bertz CT molecular complexity index is 274. The summed E-state index contributed by atoms with van der Waals surface area (Å²) in [7, 11) is 3.09. The molecule has 17 heavy (non-hydrogen) atoms. The third-order valence-corrected chi connectivity index (χ3v) is 3.10. The number of rotatable bonds is 4. The zero-order chi connectivity index (χ0) is 12.8. The first-order valence-corrected chi connectivity index (χ1v) is 5.96. The first-order valence-electron chi connectivity index (χ1n) is 5.96. The van der Waals surface area contributed by atoms with Crippen LogP contribution in [0.5, 0.6) is 0 Å². The van der Waals surface area contributed by atoms with E-state index in [0.29, 0.717) is 19.8 Å². The van der Waals surface area contributed by atoms with E-state index in [2.05, 4.69) is 4.74 Å². The minimum atomic E-state index is -0.284. The van der Waals surface area contributed by atoms with Gasteiger partial charge in [0.15, 0.2) is 0 Å². The number of esters is 1. The van der Waals surface area contributed by atoms with Crippen LogP contribution in [0, 0.1) is 11.8 Å². The molecule has 1 aliphatic heterocycles. The maximum atomic E-state index is 12.1. The van der Waals surface area contributed by atoms with Crippen molar-refractivity contribution in [3.63, 3.8) is 0 Å². The molecule has 5 heteroatoms. The fourth-order valence-corrected chi connectivity index (χ4v) is 2.03. The summed E-state index contributed by atoms with van der Waals surface area (Å²) in [5, 5.41) is 0. The van der Waals surface area contributed by atoms with Crippen molar-refractivity contribution in [2.75, 3.05) is 33.9 Å². The van der Waals surface area contributed by atoms with Gasteiger partial charge in [-0.25, -0.2) is 0 Å². The average Bonchev–Trinajstić information content (AvgIpc) is 2.37. The molecule has 1 fully saturated rings. The predicted molar refractivity (Wildman–Crippen MR) is 62.4 cm³/mol. The SMILES string of the molecule is COC(=O)[C@H](C)CN(C)C(=O)C1CCOCC1. The highest BCUT2D eigenvalue weighted by atomic mass is 16.5. The average molecular weight is 243 g/mol. The van der Waals surface area contributed by atoms with E-state index in [1.807, 2.05) is 0 Å². The predicted octanol–water partition coefficient (Wildman–Crippen LogP) is 0.680. The lowest BCUT2D eigenvalue weighted by Gasteiger charge is -2.27. The third-order valence-electron chi connectivity index (χ3n) is 3.10. The lowest BCUT2D eigenvalue weighted by atomic mass is 9.98. The van der Waals surface area contributed by atoms with Crippen molar-refractivity contribution in [3.05, 3.63) is 0 Å². The molecule has 0 spiro atoms. The minimum Gasteiger partial charge on any atom is -0.469 e. The number of hydrogen-bond donors (Lipinski definition) is 0. The van der Waals surface area contributed by atoms with E-state index in [0.717, 1.165) is 12.8 Å². The van der Waals surface area contributed by atoms with Gasteiger partial charge in [0, 0.05) is 32.7 Å². The van der Waals surface area contributed by atoms with Crippen LogP contribution in [0.4, 0.5) is 0 Å². The molecule has 1 heterocycles. The summed E-state index contributed by atoms with van der Waals surface area (Å²) < 4.78 is 9.86. The molecule has 1 saturated heterocycles. The van der Waals surface area contributed by atoms with Gasteiger partial charge < -0.3 is 14.4 Å². The lowest BCUT2D eigenvalue weighted by Crippen LogP contribution is -2.39. The highest BCUT2D eigenvalue weighted by Gasteiger charge is 2.26. The van der Waals surface area contributed by atoms with E-state index in [1.165, 1.54) is 7.11 Å². The molecule has 1 atom stereocenters. The summed E-state index contributed by atoms with van der Waals surface area (Å²) in [4.78, 5) is 25.0. The second-order valence-corrected chi connectivity index (χ2v) is 4.53. The van der Waals surface area contributed by atoms with Crippen LogP contribution >= 0.6 is 0 Å². The first kappa shape index (κ1) is 14.0. The van der Waals surface area contributed by atoms with Crippen LogP contribution in [-0.4, -0.2) is 50.7 Å². The second-order valence-electron chi connectivity index (χ2n) is 4.53. The second kappa shape index (κ2) is 6.59. The van der Waals surface area contributed by atoms with E-state index >= 15 is 0 Å². The molecule has 0 unspecified atom stereocenters. The Balaban J connectivity index is 2.43. The largest absolute Gasteiger partial charge is 0.469 e. The van der Waals surface area contributed by atoms with Crippen LogP contribution in [0.25, 0.3) is 0 Å². The van der Waals surface area contributed by atoms with E-state index < -0.39 is 0 Å². The fraction of sp³-hybridized carbons (Fsp3) is 0.833. The van der Waals surface area contributed by atoms with Crippen LogP contribution in [0.15, 0.2) is 0 Å². The monoisotopic (exact) mass is 243 g/mol. The molecular weight excluding hydrogens is 222 g/mol. The number of carbonyl (C=O) groups is 2. The van der Waals surface area contributed by atoms with Crippen LogP contribution in [-0.2, 0) is 19.1 Å². The van der Waals surface area contributed by atoms with Crippen molar-refractivity contribution in [1.29, 1.82) is 0 Å². The number of nitrogens with zero attached hydrogens (tertiary/aromatic N) is 1. The molecule has 1 amide bonds. The van der Waals surface area contributed by atoms with Gasteiger partial charge >= 0.3 is 5.97 Å². The van der Waals surface area contributed by atoms with Crippen molar-refractivity contribution in [2.45, 2.75) is 19.8 Å². The molecule has 0 bridgehead atoms. The van der Waals surface area contributed by atoms with Gasteiger partial charge in [-0.2, -0.15) is 0 Å². The number of ether oxygens (including phenoxy) is 2. The molecule has 98 valence electrons. The minimum absolute atomic E-state index is 0.0404. The molecule has 5 nitrogen and oxygen atoms in total. The standard InChI is InChI=1S/C12H21NO4/c1-9(12(15)16-3)8-13(2)11(14)10-4-6-17-7-5-10/h9-10H,4-8H2,1-3H3/t9-/m1/s1. The van der Waals surface area contributed by atoms with Crippen LogP contribution in [0.2, 0.25) is 0 Å². The smallest absolute Gasteiger partial charge is 0.310 e. The highest BCUT2D eigenvalue weighted by molar-refractivity contribution is 5.79. The van der Waals surface area contributed by atoms with Crippen molar-refractivity contribution in [1.82, 2.24) is 4.90 Å². The Kier molecular flexibility index (Phi) is 5.41. The fourth-order valence-electron chi connectivity index (χ4n) is 2.03. The Labute approximate surface area is 102 Å². The van der Waals surface area contributed by atoms with Gasteiger partial charge in [-0.3, -0.25) is 9.59 Å². The number of amides is 1. The first-order chi connectivity index (χ1) is 8.06. The van der Waals surface area contributed by atoms with Gasteiger partial charge in [-0.15, -0.1) is 0 Å². The van der Waals surface area contributed by atoms with Crippen LogP contribution in [0.1, 0.15) is 19.8 Å². The molecule has 0 radical (unpaired) electrons. The summed E-state index contributed by atoms with van der Waals surface area (Å²) >= 11 is 0. The normalized spacial score (nSPS) is 18.5. The van der Waals surface area contributed by atoms with E-state index in [9.17, 15) is 9.59 Å². The topological polar surface area (TPSA) is 55.8 Å². The quantitative estimate of drug-likeness (QED) is 0.681. The Hall–Kier alpha value is -1.10. The van der Waals surface area contributed by atoms with Crippen molar-refractivity contribution in [2.24, 2.45) is 11.8 Å². The summed E-state index contributed by atoms with van der Waals surface area (Å²) in [5.74, 6) is -0.423. The van der Waals surface area contributed by atoms with E-state index in [1.54, 1.807) is 18.9 Å². The zero-order valence-electron chi connectivity index (χ0n) is 10.8. The van der Waals surface area contributed by atoms with Gasteiger partial charge in [-0.1, -0.05) is 6.92 Å². The van der Waals surface area contributed by atoms with Gasteiger partial charge in [-0.05, 0) is 12.8 Å². The maximum absolute atomic E-state index is 12.1. The molecule has 0 N–H and O–H groups in total. The summed E-state index contributed by atoms with van der Waals surface area (Å²) in [5.41, 5.74) is 0. The Morgan fingerprint density at radius 3 is 2.53 bits per heavy atom. The highest BCUT2D eigenvalue weighted by Crippen LogP contribution is 2.17. The molecule has 1 rings (SSSR count). The number of hydrogen-bond acceptors (Lipinski definition) is 4. The molecule has 0 aromatic rings. The maximum Gasteiger partial charge on any atom is 0.310 e. The number of methoxy groups -OCH3 is 1. The molecule has 1 aliphatic rings. The van der Waals surface area contributed by atoms with Gasteiger partial charge in [0.25, 0.3) is 0 Å². The van der Waals surface area contributed by atoms with Crippen LogP contribution < -0.4 is 0 Å². The molecule has 0 saturated carbocycles. The van der Waals surface area contributed by atoms with Crippen molar-refractivity contribution in [3.8, 4) is 0 Å². The molecule has 0 aromatic carbocycles. The lowest BCUT2D eigenvalue weighted by molar-refractivity contribution is -0.147. The molecule has 0 aliphatic carbocycles. The summed E-state index contributed by atoms with van der Waals surface area (Å²) in [6.07, 6.45) is 1.55. The summed E-state index contributed by atoms with van der Waals surface area (Å²) in [6.45, 7) is 3.47. The Morgan fingerprint density at radius 2 is 2.00 bits per heavy atom. The molecular formula is C12H21NO4. The number of carbonyl (C=O) groups excluding carboxylic acids is 2. The van der Waals surface area contributed by atoms with Gasteiger partial charge in [0.2, 0.25) is 5.91 Å².